The van der Waals surface area contributed by atoms with Crippen molar-refractivity contribution in [3.8, 4) is 0 Å². The monoisotopic (exact) mass is 329 g/mol. The van der Waals surface area contributed by atoms with Crippen LogP contribution in [0, 0.1) is 5.92 Å². The number of carbonyl (C=O) groups is 2. The van der Waals surface area contributed by atoms with Crippen LogP contribution in [0.4, 0.5) is 10.5 Å². The highest BCUT2D eigenvalue weighted by Gasteiger charge is 2.26. The van der Waals surface area contributed by atoms with Gasteiger partial charge in [0, 0.05) is 31.5 Å². The minimum Gasteiger partial charge on any atom is -0.481 e. The standard InChI is InChI=1S/C18H23N3O3/c1-2-8-20-9-5-13-3-4-15(12-16(13)20)19-18(24)21-10-6-14(7-11-21)17(22)23/h3-5,9,12,14H,2,6-8,10-11H2,1H3,(H,19,24)(H,22,23). The third-order valence-corrected chi connectivity index (χ3v) is 4.62. The van der Waals surface area contributed by atoms with Crippen molar-refractivity contribution in [1.82, 2.24) is 9.47 Å². The number of aryl methyl sites for hydroxylation is 1. The molecule has 2 heterocycles. The number of piperidine rings is 1. The van der Waals surface area contributed by atoms with Gasteiger partial charge in [-0.25, -0.2) is 4.79 Å². The van der Waals surface area contributed by atoms with Gasteiger partial charge in [0.25, 0.3) is 0 Å². The van der Waals surface area contributed by atoms with Crippen molar-refractivity contribution in [2.45, 2.75) is 32.7 Å². The van der Waals surface area contributed by atoms with E-state index in [1.54, 1.807) is 4.90 Å². The molecule has 3 rings (SSSR count). The summed E-state index contributed by atoms with van der Waals surface area (Å²) in [5.41, 5.74) is 1.88. The Morgan fingerprint density at radius 3 is 2.67 bits per heavy atom. The molecule has 2 aromatic rings. The van der Waals surface area contributed by atoms with E-state index in [1.807, 2.05) is 18.2 Å². The second-order valence-corrected chi connectivity index (χ2v) is 6.31. The van der Waals surface area contributed by atoms with Gasteiger partial charge in [0.2, 0.25) is 0 Å². The van der Waals surface area contributed by atoms with Gasteiger partial charge >= 0.3 is 12.0 Å². The number of nitrogens with one attached hydrogen (secondary N) is 1. The second kappa shape index (κ2) is 6.95. The molecule has 1 aliphatic heterocycles. The number of carboxylic acids is 1. The first-order chi connectivity index (χ1) is 11.6. The van der Waals surface area contributed by atoms with E-state index in [9.17, 15) is 9.59 Å². The van der Waals surface area contributed by atoms with Crippen LogP contribution in [0.3, 0.4) is 0 Å². The maximum absolute atomic E-state index is 12.4. The summed E-state index contributed by atoms with van der Waals surface area (Å²) in [7, 11) is 0. The Hall–Kier alpha value is -2.50. The molecule has 2 amide bonds. The molecule has 6 nitrogen and oxygen atoms in total. The van der Waals surface area contributed by atoms with Crippen LogP contribution in [0.25, 0.3) is 10.9 Å². The number of likely N-dealkylation sites (tertiary alicyclic amines) is 1. The van der Waals surface area contributed by atoms with Crippen LogP contribution in [0.2, 0.25) is 0 Å². The van der Waals surface area contributed by atoms with E-state index in [2.05, 4.69) is 29.1 Å². The largest absolute Gasteiger partial charge is 0.481 e. The topological polar surface area (TPSA) is 74.6 Å². The van der Waals surface area contributed by atoms with Gasteiger partial charge in [-0.2, -0.15) is 0 Å². The van der Waals surface area contributed by atoms with Crippen molar-refractivity contribution in [2.24, 2.45) is 5.92 Å². The van der Waals surface area contributed by atoms with Crippen molar-refractivity contribution in [1.29, 1.82) is 0 Å². The molecule has 6 heteroatoms. The van der Waals surface area contributed by atoms with Gasteiger partial charge in [-0.15, -0.1) is 0 Å². The van der Waals surface area contributed by atoms with Crippen LogP contribution in [-0.4, -0.2) is 39.7 Å². The van der Waals surface area contributed by atoms with Gasteiger partial charge in [0.1, 0.15) is 0 Å². The van der Waals surface area contributed by atoms with Crippen molar-refractivity contribution >= 4 is 28.6 Å². The Morgan fingerprint density at radius 2 is 2.00 bits per heavy atom. The van der Waals surface area contributed by atoms with Crippen LogP contribution < -0.4 is 5.32 Å². The molecule has 128 valence electrons. The van der Waals surface area contributed by atoms with Crippen molar-refractivity contribution in [3.05, 3.63) is 30.5 Å². The Labute approximate surface area is 141 Å². The molecule has 0 saturated carbocycles. The quantitative estimate of drug-likeness (QED) is 0.903. The number of carbonyl (C=O) groups excluding carboxylic acids is 1. The number of nitrogens with zero attached hydrogens (tertiary/aromatic N) is 2. The minimum atomic E-state index is -0.766. The zero-order valence-electron chi connectivity index (χ0n) is 13.9. The van der Waals surface area contributed by atoms with Crippen molar-refractivity contribution in [2.75, 3.05) is 18.4 Å². The Balaban J connectivity index is 1.67. The summed E-state index contributed by atoms with van der Waals surface area (Å²) in [4.78, 5) is 25.1. The van der Waals surface area contributed by atoms with Crippen LogP contribution in [0.15, 0.2) is 30.5 Å². The van der Waals surface area contributed by atoms with E-state index < -0.39 is 5.97 Å². The van der Waals surface area contributed by atoms with Crippen LogP contribution in [0.1, 0.15) is 26.2 Å². The molecule has 1 fully saturated rings. The van der Waals surface area contributed by atoms with E-state index >= 15 is 0 Å². The van der Waals surface area contributed by atoms with E-state index in [4.69, 9.17) is 5.11 Å². The Morgan fingerprint density at radius 1 is 1.25 bits per heavy atom. The van der Waals surface area contributed by atoms with Gasteiger partial charge in [-0.3, -0.25) is 4.79 Å². The smallest absolute Gasteiger partial charge is 0.321 e. The SMILES string of the molecule is CCCn1ccc2ccc(NC(=O)N3CCC(C(=O)O)CC3)cc21. The Bertz CT molecular complexity index is 745. The number of fused-ring (bicyclic) bond motifs is 1. The fraction of sp³-hybridized carbons (Fsp3) is 0.444. The Kier molecular flexibility index (Phi) is 4.74. The first-order valence-electron chi connectivity index (χ1n) is 8.46. The lowest BCUT2D eigenvalue weighted by atomic mass is 9.97. The zero-order chi connectivity index (χ0) is 17.1. The maximum Gasteiger partial charge on any atom is 0.321 e. The molecule has 0 bridgehead atoms. The van der Waals surface area contributed by atoms with E-state index in [0.29, 0.717) is 25.9 Å². The van der Waals surface area contributed by atoms with Gasteiger partial charge < -0.3 is 19.9 Å². The molecule has 24 heavy (non-hydrogen) atoms. The summed E-state index contributed by atoms with van der Waals surface area (Å²) in [5.74, 6) is -1.10. The van der Waals surface area contributed by atoms with Gasteiger partial charge in [-0.1, -0.05) is 13.0 Å². The van der Waals surface area contributed by atoms with E-state index in [-0.39, 0.29) is 11.9 Å². The molecule has 0 atom stereocenters. The van der Waals surface area contributed by atoms with Crippen LogP contribution in [0.5, 0.6) is 0 Å². The molecule has 2 N–H and O–H groups in total. The van der Waals surface area contributed by atoms with Gasteiger partial charge in [-0.05, 0) is 42.8 Å². The molecule has 0 radical (unpaired) electrons. The molecule has 1 aliphatic rings. The zero-order valence-corrected chi connectivity index (χ0v) is 13.9. The predicted molar refractivity (Wildman–Crippen MR) is 93.2 cm³/mol. The maximum atomic E-state index is 12.4. The highest BCUT2D eigenvalue weighted by atomic mass is 16.4. The summed E-state index contributed by atoms with van der Waals surface area (Å²) in [6.45, 7) is 4.05. The third kappa shape index (κ3) is 3.37. The fourth-order valence-corrected chi connectivity index (χ4v) is 3.23. The van der Waals surface area contributed by atoms with Gasteiger partial charge in [0.05, 0.1) is 11.4 Å². The molecule has 0 spiro atoms. The fourth-order valence-electron chi connectivity index (χ4n) is 3.23. The van der Waals surface area contributed by atoms with E-state index in [1.165, 1.54) is 0 Å². The summed E-state index contributed by atoms with van der Waals surface area (Å²) >= 11 is 0. The number of hydrogen-bond acceptors (Lipinski definition) is 2. The highest BCUT2D eigenvalue weighted by Crippen LogP contribution is 2.22. The molecule has 0 unspecified atom stereocenters. The highest BCUT2D eigenvalue weighted by molar-refractivity contribution is 5.93. The molecule has 1 saturated heterocycles. The summed E-state index contributed by atoms with van der Waals surface area (Å²) in [6, 6.07) is 7.82. The molecule has 0 aliphatic carbocycles. The number of rotatable bonds is 4. The van der Waals surface area contributed by atoms with Crippen LogP contribution in [-0.2, 0) is 11.3 Å². The normalized spacial score (nSPS) is 15.6. The third-order valence-electron chi connectivity index (χ3n) is 4.62. The first-order valence-corrected chi connectivity index (χ1v) is 8.46. The number of urea groups is 1. The minimum absolute atomic E-state index is 0.160. The molecule has 1 aromatic carbocycles. The molecular formula is C18H23N3O3. The number of carboxylic acid groups (broad SMARTS) is 1. The van der Waals surface area contributed by atoms with Crippen molar-refractivity contribution < 1.29 is 14.7 Å². The molecular weight excluding hydrogens is 306 g/mol. The average Bonchev–Trinajstić information content (AvgIpc) is 2.98. The average molecular weight is 329 g/mol. The summed E-state index contributed by atoms with van der Waals surface area (Å²) < 4.78 is 2.18. The van der Waals surface area contributed by atoms with Gasteiger partial charge in [0.15, 0.2) is 0 Å². The van der Waals surface area contributed by atoms with Crippen molar-refractivity contribution in [3.63, 3.8) is 0 Å². The number of aromatic nitrogens is 1. The van der Waals surface area contributed by atoms with Crippen LogP contribution >= 0.6 is 0 Å². The molecule has 1 aromatic heterocycles. The second-order valence-electron chi connectivity index (χ2n) is 6.31. The summed E-state index contributed by atoms with van der Waals surface area (Å²) in [5, 5.41) is 13.1. The lowest BCUT2D eigenvalue weighted by Gasteiger charge is -2.30. The number of benzene rings is 1. The number of hydrogen-bond donors (Lipinski definition) is 2. The number of amides is 2. The summed E-state index contributed by atoms with van der Waals surface area (Å²) in [6.07, 6.45) is 4.15. The van der Waals surface area contributed by atoms with E-state index in [0.717, 1.165) is 29.6 Å². The number of aliphatic carboxylic acids is 1. The lowest BCUT2D eigenvalue weighted by molar-refractivity contribution is -0.143. The lowest BCUT2D eigenvalue weighted by Crippen LogP contribution is -2.42. The predicted octanol–water partition coefficient (Wildman–Crippen LogP) is 3.38. The number of anilines is 1. The first kappa shape index (κ1) is 16.4.